The van der Waals surface area contributed by atoms with Gasteiger partial charge in [0.15, 0.2) is 0 Å². The van der Waals surface area contributed by atoms with E-state index in [1.165, 1.54) is 13.0 Å². The van der Waals surface area contributed by atoms with Crippen molar-refractivity contribution in [2.75, 3.05) is 13.2 Å². The Morgan fingerprint density at radius 2 is 2.06 bits per heavy atom. The molecule has 1 atom stereocenters. The highest BCUT2D eigenvalue weighted by Gasteiger charge is 2.24. The van der Waals surface area contributed by atoms with Crippen LogP contribution in [0.15, 0.2) is 23.1 Å². The number of benzene rings is 1. The van der Waals surface area contributed by atoms with E-state index in [-0.39, 0.29) is 16.5 Å². The van der Waals surface area contributed by atoms with Gasteiger partial charge in [-0.25, -0.2) is 13.1 Å². The van der Waals surface area contributed by atoms with Crippen LogP contribution in [0.5, 0.6) is 0 Å². The van der Waals surface area contributed by atoms with Gasteiger partial charge in [-0.05, 0) is 31.5 Å². The van der Waals surface area contributed by atoms with Gasteiger partial charge in [0, 0.05) is 6.54 Å². The van der Waals surface area contributed by atoms with Crippen molar-refractivity contribution in [1.82, 2.24) is 4.72 Å². The average Bonchev–Trinajstić information content (AvgIpc) is 2.26. The number of rotatable bonds is 5. The zero-order valence-corrected chi connectivity index (χ0v) is 11.7. The summed E-state index contributed by atoms with van der Waals surface area (Å²) in [4.78, 5) is -0.0523. The molecule has 0 saturated carbocycles. The number of hydrogen-bond donors (Lipinski definition) is 3. The molecule has 0 aromatic heterocycles. The molecule has 5 nitrogen and oxygen atoms in total. The SMILES string of the molecule is Cc1ccc(S(=O)(=O)NCC(C)(O)CO)c(Cl)c1. The number of aliphatic hydroxyl groups is 2. The number of hydrogen-bond acceptors (Lipinski definition) is 4. The number of aryl methyl sites for hydroxylation is 1. The fourth-order valence-corrected chi connectivity index (χ4v) is 2.97. The lowest BCUT2D eigenvalue weighted by molar-refractivity contribution is 0.00681. The third kappa shape index (κ3) is 3.93. The minimum absolute atomic E-state index is 0.0523. The Morgan fingerprint density at radius 1 is 1.44 bits per heavy atom. The zero-order chi connectivity index (χ0) is 14.0. The number of nitrogens with one attached hydrogen (secondary N) is 1. The van der Waals surface area contributed by atoms with E-state index in [1.807, 2.05) is 0 Å². The van der Waals surface area contributed by atoms with Crippen LogP contribution in [-0.4, -0.2) is 37.4 Å². The Labute approximate surface area is 111 Å². The van der Waals surface area contributed by atoms with Crippen molar-refractivity contribution in [1.29, 1.82) is 0 Å². The van der Waals surface area contributed by atoms with E-state index in [0.717, 1.165) is 5.56 Å². The highest BCUT2D eigenvalue weighted by molar-refractivity contribution is 7.89. The van der Waals surface area contributed by atoms with Crippen LogP contribution in [0.1, 0.15) is 12.5 Å². The Balaban J connectivity index is 2.94. The molecule has 0 saturated heterocycles. The van der Waals surface area contributed by atoms with Crippen LogP contribution in [-0.2, 0) is 10.0 Å². The summed E-state index contributed by atoms with van der Waals surface area (Å²) in [6.45, 7) is 2.28. The van der Waals surface area contributed by atoms with E-state index >= 15 is 0 Å². The van der Waals surface area contributed by atoms with Gasteiger partial charge in [-0.3, -0.25) is 0 Å². The Bertz CT molecular complexity index is 528. The van der Waals surface area contributed by atoms with Crippen LogP contribution in [0.4, 0.5) is 0 Å². The van der Waals surface area contributed by atoms with Crippen molar-refractivity contribution in [3.8, 4) is 0 Å². The van der Waals surface area contributed by atoms with Gasteiger partial charge in [0.05, 0.1) is 17.2 Å². The van der Waals surface area contributed by atoms with Gasteiger partial charge in [-0.2, -0.15) is 0 Å². The van der Waals surface area contributed by atoms with Gasteiger partial charge in [-0.1, -0.05) is 17.7 Å². The van der Waals surface area contributed by atoms with E-state index in [0.29, 0.717) is 0 Å². The fraction of sp³-hybridized carbons (Fsp3) is 0.455. The Morgan fingerprint density at radius 3 is 2.56 bits per heavy atom. The molecule has 1 aromatic rings. The summed E-state index contributed by atoms with van der Waals surface area (Å²) in [5.74, 6) is 0. The molecule has 0 amide bonds. The summed E-state index contributed by atoms with van der Waals surface area (Å²) in [5.41, 5.74) is -0.661. The second kappa shape index (κ2) is 5.54. The molecule has 102 valence electrons. The summed E-state index contributed by atoms with van der Waals surface area (Å²) in [7, 11) is -3.80. The summed E-state index contributed by atoms with van der Waals surface area (Å²) in [6, 6.07) is 4.57. The average molecular weight is 294 g/mol. The molecule has 1 unspecified atom stereocenters. The summed E-state index contributed by atoms with van der Waals surface area (Å²) >= 11 is 5.87. The highest BCUT2D eigenvalue weighted by Crippen LogP contribution is 2.22. The monoisotopic (exact) mass is 293 g/mol. The van der Waals surface area contributed by atoms with Crippen molar-refractivity contribution >= 4 is 21.6 Å². The predicted molar refractivity (Wildman–Crippen MR) is 69.1 cm³/mol. The normalized spacial score (nSPS) is 15.4. The van der Waals surface area contributed by atoms with Crippen LogP contribution in [0.3, 0.4) is 0 Å². The minimum atomic E-state index is -3.80. The van der Waals surface area contributed by atoms with Gasteiger partial charge in [0.2, 0.25) is 10.0 Å². The third-order valence-corrected chi connectivity index (χ3v) is 4.24. The largest absolute Gasteiger partial charge is 0.393 e. The van der Waals surface area contributed by atoms with E-state index in [2.05, 4.69) is 4.72 Å². The summed E-state index contributed by atoms with van der Waals surface area (Å²) in [6.07, 6.45) is 0. The van der Waals surface area contributed by atoms with Gasteiger partial charge in [0.1, 0.15) is 4.90 Å². The molecule has 0 aliphatic heterocycles. The van der Waals surface area contributed by atoms with E-state index < -0.39 is 22.2 Å². The lowest BCUT2D eigenvalue weighted by Crippen LogP contribution is -2.43. The first-order chi connectivity index (χ1) is 8.18. The van der Waals surface area contributed by atoms with E-state index in [9.17, 15) is 13.5 Å². The van der Waals surface area contributed by atoms with Crippen LogP contribution in [0, 0.1) is 6.92 Å². The molecule has 0 bridgehead atoms. The van der Waals surface area contributed by atoms with Crippen molar-refractivity contribution in [2.45, 2.75) is 24.3 Å². The first-order valence-corrected chi connectivity index (χ1v) is 7.13. The second-order valence-corrected chi connectivity index (χ2v) is 6.56. The molecular formula is C11H16ClNO4S. The Kier molecular flexibility index (Phi) is 4.74. The first kappa shape index (κ1) is 15.4. The quantitative estimate of drug-likeness (QED) is 0.745. The molecule has 0 heterocycles. The summed E-state index contributed by atoms with van der Waals surface area (Å²) in [5, 5.41) is 18.5. The molecule has 0 aliphatic rings. The molecule has 7 heteroatoms. The summed E-state index contributed by atoms with van der Waals surface area (Å²) < 4.78 is 26.1. The minimum Gasteiger partial charge on any atom is -0.393 e. The molecule has 18 heavy (non-hydrogen) atoms. The van der Waals surface area contributed by atoms with Crippen molar-refractivity contribution in [3.05, 3.63) is 28.8 Å². The molecule has 3 N–H and O–H groups in total. The van der Waals surface area contributed by atoms with Gasteiger partial charge in [0.25, 0.3) is 0 Å². The van der Waals surface area contributed by atoms with Gasteiger partial charge >= 0.3 is 0 Å². The first-order valence-electron chi connectivity index (χ1n) is 5.27. The van der Waals surface area contributed by atoms with E-state index in [1.54, 1.807) is 19.1 Å². The number of aliphatic hydroxyl groups excluding tert-OH is 1. The molecule has 0 aliphatic carbocycles. The van der Waals surface area contributed by atoms with Crippen LogP contribution < -0.4 is 4.72 Å². The van der Waals surface area contributed by atoms with Crippen LogP contribution in [0.2, 0.25) is 5.02 Å². The molecule has 0 fully saturated rings. The smallest absolute Gasteiger partial charge is 0.242 e. The van der Waals surface area contributed by atoms with Crippen molar-refractivity contribution in [3.63, 3.8) is 0 Å². The topological polar surface area (TPSA) is 86.6 Å². The van der Waals surface area contributed by atoms with Crippen LogP contribution in [0.25, 0.3) is 0 Å². The number of sulfonamides is 1. The van der Waals surface area contributed by atoms with E-state index in [4.69, 9.17) is 16.7 Å². The standard InChI is InChI=1S/C11H16ClNO4S/c1-8-3-4-10(9(12)5-8)18(16,17)13-6-11(2,15)7-14/h3-5,13-15H,6-7H2,1-2H3. The highest BCUT2D eigenvalue weighted by atomic mass is 35.5. The Hall–Kier alpha value is -0.660. The molecule has 0 radical (unpaired) electrons. The maximum atomic E-state index is 11.9. The van der Waals surface area contributed by atoms with Crippen molar-refractivity contribution in [2.24, 2.45) is 0 Å². The maximum Gasteiger partial charge on any atom is 0.242 e. The van der Waals surface area contributed by atoms with Gasteiger partial charge < -0.3 is 10.2 Å². The molecule has 1 aromatic carbocycles. The predicted octanol–water partition coefficient (Wildman–Crippen LogP) is 0.670. The van der Waals surface area contributed by atoms with Gasteiger partial charge in [-0.15, -0.1) is 0 Å². The third-order valence-electron chi connectivity index (χ3n) is 2.36. The van der Waals surface area contributed by atoms with Crippen LogP contribution >= 0.6 is 11.6 Å². The maximum absolute atomic E-state index is 11.9. The lowest BCUT2D eigenvalue weighted by atomic mass is 10.1. The fourth-order valence-electron chi connectivity index (χ4n) is 1.21. The molecule has 1 rings (SSSR count). The molecular weight excluding hydrogens is 278 g/mol. The second-order valence-electron chi connectivity index (χ2n) is 4.41. The lowest BCUT2D eigenvalue weighted by Gasteiger charge is -2.20. The van der Waals surface area contributed by atoms with Crippen molar-refractivity contribution < 1.29 is 18.6 Å². The number of halogens is 1. The zero-order valence-electron chi connectivity index (χ0n) is 10.1. The molecule has 0 spiro atoms.